The molecule has 24 heavy (non-hydrogen) atoms. The maximum atomic E-state index is 12.2. The fraction of sp³-hybridized carbons (Fsp3) is 0.263. The highest BCUT2D eigenvalue weighted by atomic mass is 16.6. The van der Waals surface area contributed by atoms with Gasteiger partial charge in [0.05, 0.1) is 12.1 Å². The van der Waals surface area contributed by atoms with E-state index in [2.05, 4.69) is 13.2 Å². The van der Waals surface area contributed by atoms with Gasteiger partial charge in [-0.2, -0.15) is 0 Å². The molecule has 0 bridgehead atoms. The summed E-state index contributed by atoms with van der Waals surface area (Å²) < 4.78 is 9.96. The molecular weight excluding hydrogens is 306 g/mol. The van der Waals surface area contributed by atoms with Crippen LogP contribution in [0.5, 0.6) is 0 Å². The van der Waals surface area contributed by atoms with E-state index in [-0.39, 0.29) is 12.3 Å². The molecule has 1 saturated heterocycles. The molecule has 0 unspecified atom stereocenters. The van der Waals surface area contributed by atoms with Crippen LogP contribution in [0, 0.1) is 0 Å². The summed E-state index contributed by atoms with van der Waals surface area (Å²) in [5.74, 6) is -0.325. The second-order valence-corrected chi connectivity index (χ2v) is 6.10. The summed E-state index contributed by atoms with van der Waals surface area (Å²) >= 11 is 0. The van der Waals surface area contributed by atoms with Crippen LogP contribution in [-0.4, -0.2) is 23.5 Å². The monoisotopic (exact) mass is 327 g/mol. The summed E-state index contributed by atoms with van der Waals surface area (Å²) in [6.07, 6.45) is 1.70. The van der Waals surface area contributed by atoms with E-state index in [9.17, 15) is 9.59 Å². The molecule has 5 nitrogen and oxygen atoms in total. The Balaban J connectivity index is 2.19. The molecule has 1 fully saturated rings. The number of ether oxygens (including phenoxy) is 2. The zero-order valence-electron chi connectivity index (χ0n) is 14.2. The van der Waals surface area contributed by atoms with E-state index in [4.69, 9.17) is 9.47 Å². The molecule has 2 rings (SSSR count). The number of carbonyl (C=O) groups excluding carboxylic acids is 2. The summed E-state index contributed by atoms with van der Waals surface area (Å²) in [5.41, 5.74) is 2.42. The molecule has 0 aliphatic carbocycles. The number of rotatable bonds is 5. The van der Waals surface area contributed by atoms with E-state index in [1.54, 1.807) is 4.90 Å². The van der Waals surface area contributed by atoms with Crippen molar-refractivity contribution in [3.05, 3.63) is 66.6 Å². The lowest BCUT2D eigenvalue weighted by molar-refractivity contribution is -0.132. The van der Waals surface area contributed by atoms with Gasteiger partial charge in [-0.25, -0.2) is 9.59 Å². The summed E-state index contributed by atoms with van der Waals surface area (Å²) in [5, 5.41) is 0. The Kier molecular flexibility index (Phi) is 4.93. The van der Waals surface area contributed by atoms with Crippen LogP contribution in [0.4, 0.5) is 4.79 Å². The fourth-order valence-electron chi connectivity index (χ4n) is 2.40. The van der Waals surface area contributed by atoms with E-state index in [0.29, 0.717) is 0 Å². The summed E-state index contributed by atoms with van der Waals surface area (Å²) in [6.45, 7) is 13.3. The van der Waals surface area contributed by atoms with Crippen LogP contribution in [-0.2, 0) is 19.8 Å². The standard InChI is InChI=1S/C19H21NO4/c1-6-17(21)23-12-16-11-20(18(22)24-16)19(4,5)15-9-7-14(8-10-15)13(2)3/h6-10,12H,1-2,11H2,3-5H3/b16-12+. The number of allylic oxidation sites excluding steroid dienone is 1. The van der Waals surface area contributed by atoms with Crippen molar-refractivity contribution in [2.24, 2.45) is 0 Å². The second-order valence-electron chi connectivity index (χ2n) is 6.10. The van der Waals surface area contributed by atoms with Gasteiger partial charge in [0.15, 0.2) is 5.76 Å². The summed E-state index contributed by atoms with van der Waals surface area (Å²) in [6, 6.07) is 7.89. The maximum absolute atomic E-state index is 12.2. The van der Waals surface area contributed by atoms with Gasteiger partial charge in [0.2, 0.25) is 0 Å². The predicted molar refractivity (Wildman–Crippen MR) is 91.7 cm³/mol. The van der Waals surface area contributed by atoms with Gasteiger partial charge < -0.3 is 9.47 Å². The molecule has 0 N–H and O–H groups in total. The molecule has 5 heteroatoms. The van der Waals surface area contributed by atoms with E-state index in [1.165, 1.54) is 0 Å². The van der Waals surface area contributed by atoms with E-state index >= 15 is 0 Å². The zero-order valence-corrected chi connectivity index (χ0v) is 14.2. The number of benzene rings is 1. The van der Waals surface area contributed by atoms with Crippen LogP contribution < -0.4 is 0 Å². The molecule has 1 aromatic carbocycles. The number of cyclic esters (lactones) is 1. The molecule has 1 aromatic rings. The molecule has 0 atom stereocenters. The average molecular weight is 327 g/mol. The smallest absolute Gasteiger partial charge is 0.416 e. The Morgan fingerprint density at radius 2 is 1.96 bits per heavy atom. The first-order chi connectivity index (χ1) is 11.3. The minimum absolute atomic E-state index is 0.221. The van der Waals surface area contributed by atoms with Gasteiger partial charge >= 0.3 is 12.1 Å². The lowest BCUT2D eigenvalue weighted by Crippen LogP contribution is -2.42. The Hall–Kier alpha value is -2.82. The van der Waals surface area contributed by atoms with E-state index in [1.807, 2.05) is 45.0 Å². The average Bonchev–Trinajstić information content (AvgIpc) is 2.94. The summed E-state index contributed by atoms with van der Waals surface area (Å²) in [4.78, 5) is 24.9. The van der Waals surface area contributed by atoms with E-state index in [0.717, 1.165) is 29.0 Å². The molecule has 126 valence electrons. The first-order valence-corrected chi connectivity index (χ1v) is 7.53. The van der Waals surface area contributed by atoms with Gasteiger partial charge in [-0.3, -0.25) is 4.90 Å². The molecular formula is C19H21NO4. The van der Waals surface area contributed by atoms with Crippen LogP contribution in [0.25, 0.3) is 5.57 Å². The minimum atomic E-state index is -0.605. The largest absolute Gasteiger partial charge is 0.428 e. The summed E-state index contributed by atoms with van der Waals surface area (Å²) in [7, 11) is 0. The van der Waals surface area contributed by atoms with Crippen molar-refractivity contribution in [3.8, 4) is 0 Å². The molecule has 1 aliphatic rings. The number of carbonyl (C=O) groups is 2. The topological polar surface area (TPSA) is 55.8 Å². The van der Waals surface area contributed by atoms with Crippen LogP contribution >= 0.6 is 0 Å². The Bertz CT molecular complexity index is 713. The third-order valence-electron chi connectivity index (χ3n) is 3.98. The van der Waals surface area contributed by atoms with Crippen molar-refractivity contribution in [1.82, 2.24) is 4.90 Å². The molecule has 0 spiro atoms. The predicted octanol–water partition coefficient (Wildman–Crippen LogP) is 3.98. The van der Waals surface area contributed by atoms with Crippen molar-refractivity contribution >= 4 is 17.6 Å². The van der Waals surface area contributed by atoms with Gasteiger partial charge in [0.1, 0.15) is 6.26 Å². The van der Waals surface area contributed by atoms with Gasteiger partial charge in [-0.15, -0.1) is 0 Å². The van der Waals surface area contributed by atoms with Crippen LogP contribution in [0.15, 0.2) is 55.5 Å². The van der Waals surface area contributed by atoms with Crippen molar-refractivity contribution in [2.75, 3.05) is 6.54 Å². The fourth-order valence-corrected chi connectivity index (χ4v) is 2.40. The first-order valence-electron chi connectivity index (χ1n) is 7.53. The number of amides is 1. The highest BCUT2D eigenvalue weighted by Crippen LogP contribution is 2.33. The number of hydrogen-bond acceptors (Lipinski definition) is 4. The highest BCUT2D eigenvalue weighted by molar-refractivity contribution is 5.81. The number of esters is 1. The molecule has 1 aliphatic heterocycles. The quantitative estimate of drug-likeness (QED) is 0.466. The van der Waals surface area contributed by atoms with Crippen LogP contribution in [0.3, 0.4) is 0 Å². The van der Waals surface area contributed by atoms with Crippen molar-refractivity contribution < 1.29 is 19.1 Å². The Labute approximate surface area is 141 Å². The lowest BCUT2D eigenvalue weighted by Gasteiger charge is -2.33. The Morgan fingerprint density at radius 1 is 1.33 bits per heavy atom. The first kappa shape index (κ1) is 17.5. The number of hydrogen-bond donors (Lipinski definition) is 0. The third-order valence-corrected chi connectivity index (χ3v) is 3.98. The second kappa shape index (κ2) is 6.74. The van der Waals surface area contributed by atoms with Gasteiger partial charge in [-0.05, 0) is 31.9 Å². The van der Waals surface area contributed by atoms with Crippen molar-refractivity contribution in [3.63, 3.8) is 0 Å². The Morgan fingerprint density at radius 3 is 2.50 bits per heavy atom. The number of nitrogens with zero attached hydrogens (tertiary/aromatic N) is 1. The van der Waals surface area contributed by atoms with Crippen LogP contribution in [0.1, 0.15) is 31.9 Å². The van der Waals surface area contributed by atoms with E-state index < -0.39 is 17.6 Å². The molecule has 1 heterocycles. The molecule has 0 radical (unpaired) electrons. The normalized spacial score (nSPS) is 16.0. The van der Waals surface area contributed by atoms with Gasteiger partial charge in [0.25, 0.3) is 0 Å². The molecule has 0 saturated carbocycles. The maximum Gasteiger partial charge on any atom is 0.416 e. The van der Waals surface area contributed by atoms with Crippen molar-refractivity contribution in [1.29, 1.82) is 0 Å². The third kappa shape index (κ3) is 3.56. The van der Waals surface area contributed by atoms with Gasteiger partial charge in [-0.1, -0.05) is 43.0 Å². The van der Waals surface area contributed by atoms with Gasteiger partial charge in [0, 0.05) is 6.08 Å². The SMILES string of the molecule is C=CC(=O)O/C=C1\CN(C(C)(C)c2ccc(C(=C)C)cc2)C(=O)O1. The van der Waals surface area contributed by atoms with Crippen molar-refractivity contribution in [2.45, 2.75) is 26.3 Å². The van der Waals surface area contributed by atoms with Crippen LogP contribution in [0.2, 0.25) is 0 Å². The highest BCUT2D eigenvalue weighted by Gasteiger charge is 2.39. The molecule has 1 amide bonds. The molecule has 0 aromatic heterocycles. The lowest BCUT2D eigenvalue weighted by atomic mass is 9.91. The minimum Gasteiger partial charge on any atom is -0.428 e. The zero-order chi connectivity index (χ0) is 17.9.